The Morgan fingerprint density at radius 3 is 2.58 bits per heavy atom. The number of aliphatic hydroxyl groups is 1. The molecule has 0 spiro atoms. The molecule has 1 unspecified atom stereocenters. The van der Waals surface area contributed by atoms with Crippen LogP contribution in [0.5, 0.6) is 0 Å². The molecule has 1 aromatic heterocycles. The van der Waals surface area contributed by atoms with Gasteiger partial charge in [0.05, 0.1) is 12.8 Å². The highest BCUT2D eigenvalue weighted by molar-refractivity contribution is 6.30. The normalized spacial score (nSPS) is 11.9. The van der Waals surface area contributed by atoms with E-state index in [1.165, 1.54) is 13.2 Å². The van der Waals surface area contributed by atoms with Gasteiger partial charge in [0, 0.05) is 5.02 Å². The summed E-state index contributed by atoms with van der Waals surface area (Å²) in [6.45, 7) is 0. The number of nitrogens with zero attached hydrogens (tertiary/aromatic N) is 1. The van der Waals surface area contributed by atoms with E-state index in [1.54, 1.807) is 36.4 Å². The lowest BCUT2D eigenvalue weighted by Gasteiger charge is -2.11. The second-order valence-electron chi connectivity index (χ2n) is 3.89. The highest BCUT2D eigenvalue weighted by atomic mass is 35.5. The summed E-state index contributed by atoms with van der Waals surface area (Å²) in [6.07, 6.45) is -0.915. The number of rotatable bonds is 3. The van der Waals surface area contributed by atoms with Crippen molar-refractivity contribution in [1.82, 2.24) is 4.98 Å². The number of halogens is 1. The van der Waals surface area contributed by atoms with Crippen LogP contribution < -0.4 is 0 Å². The lowest BCUT2D eigenvalue weighted by molar-refractivity contribution is 0.0593. The maximum Gasteiger partial charge on any atom is 0.356 e. The molecule has 5 heteroatoms. The summed E-state index contributed by atoms with van der Waals surface area (Å²) in [7, 11) is 1.28. The van der Waals surface area contributed by atoms with Crippen LogP contribution in [0.25, 0.3) is 0 Å². The molecule has 1 heterocycles. The molecule has 0 aliphatic heterocycles. The van der Waals surface area contributed by atoms with E-state index in [9.17, 15) is 9.90 Å². The Kier molecular flexibility index (Phi) is 4.14. The standard InChI is InChI=1S/C14H12ClNO3/c1-19-14(18)12-4-2-3-11(16-12)13(17)9-5-7-10(15)8-6-9/h2-8,13,17H,1H3. The van der Waals surface area contributed by atoms with Crippen LogP contribution in [0.4, 0.5) is 0 Å². The van der Waals surface area contributed by atoms with Crippen LogP contribution in [0.2, 0.25) is 5.02 Å². The van der Waals surface area contributed by atoms with Crippen molar-refractivity contribution < 1.29 is 14.6 Å². The number of carbonyl (C=O) groups excluding carboxylic acids is 1. The largest absolute Gasteiger partial charge is 0.464 e. The molecule has 0 aliphatic carbocycles. The first-order chi connectivity index (χ1) is 9.11. The monoisotopic (exact) mass is 277 g/mol. The zero-order chi connectivity index (χ0) is 13.8. The van der Waals surface area contributed by atoms with E-state index in [0.29, 0.717) is 16.3 Å². The van der Waals surface area contributed by atoms with Crippen LogP contribution >= 0.6 is 11.6 Å². The molecule has 0 saturated heterocycles. The number of hydrogen-bond acceptors (Lipinski definition) is 4. The number of carbonyl (C=O) groups is 1. The van der Waals surface area contributed by atoms with Crippen LogP contribution in [0.15, 0.2) is 42.5 Å². The van der Waals surface area contributed by atoms with E-state index >= 15 is 0 Å². The van der Waals surface area contributed by atoms with Gasteiger partial charge in [-0.1, -0.05) is 29.8 Å². The topological polar surface area (TPSA) is 59.4 Å². The van der Waals surface area contributed by atoms with Gasteiger partial charge < -0.3 is 9.84 Å². The van der Waals surface area contributed by atoms with Crippen molar-refractivity contribution in [3.63, 3.8) is 0 Å². The number of ether oxygens (including phenoxy) is 1. The highest BCUT2D eigenvalue weighted by Gasteiger charge is 2.14. The van der Waals surface area contributed by atoms with Gasteiger partial charge in [-0.2, -0.15) is 0 Å². The van der Waals surface area contributed by atoms with Crippen LogP contribution in [0.3, 0.4) is 0 Å². The van der Waals surface area contributed by atoms with Gasteiger partial charge in [0.15, 0.2) is 0 Å². The number of aliphatic hydroxyl groups excluding tert-OH is 1. The lowest BCUT2D eigenvalue weighted by Crippen LogP contribution is -2.09. The van der Waals surface area contributed by atoms with Crippen molar-refractivity contribution in [2.24, 2.45) is 0 Å². The fraction of sp³-hybridized carbons (Fsp3) is 0.143. The van der Waals surface area contributed by atoms with Gasteiger partial charge in [0.1, 0.15) is 11.8 Å². The smallest absolute Gasteiger partial charge is 0.356 e. The third kappa shape index (κ3) is 3.10. The first kappa shape index (κ1) is 13.5. The van der Waals surface area contributed by atoms with Gasteiger partial charge in [0.2, 0.25) is 0 Å². The molecular formula is C14H12ClNO3. The van der Waals surface area contributed by atoms with Gasteiger partial charge in [-0.3, -0.25) is 0 Å². The molecule has 1 atom stereocenters. The maximum atomic E-state index is 11.4. The van der Waals surface area contributed by atoms with Crippen molar-refractivity contribution in [2.45, 2.75) is 6.10 Å². The molecule has 0 amide bonds. The molecule has 98 valence electrons. The fourth-order valence-electron chi connectivity index (χ4n) is 1.64. The quantitative estimate of drug-likeness (QED) is 0.876. The van der Waals surface area contributed by atoms with Gasteiger partial charge in [-0.15, -0.1) is 0 Å². The summed E-state index contributed by atoms with van der Waals surface area (Å²) in [6, 6.07) is 11.6. The summed E-state index contributed by atoms with van der Waals surface area (Å²) < 4.78 is 4.59. The summed E-state index contributed by atoms with van der Waals surface area (Å²) in [5, 5.41) is 10.8. The average Bonchev–Trinajstić information content (AvgIpc) is 2.46. The molecule has 0 saturated carbocycles. The minimum atomic E-state index is -0.915. The second-order valence-corrected chi connectivity index (χ2v) is 4.33. The second kappa shape index (κ2) is 5.82. The zero-order valence-electron chi connectivity index (χ0n) is 10.2. The first-order valence-electron chi connectivity index (χ1n) is 5.60. The number of esters is 1. The van der Waals surface area contributed by atoms with E-state index in [-0.39, 0.29) is 5.69 Å². The van der Waals surface area contributed by atoms with Crippen LogP contribution in [0, 0.1) is 0 Å². The van der Waals surface area contributed by atoms with E-state index in [1.807, 2.05) is 0 Å². The van der Waals surface area contributed by atoms with Crippen LogP contribution in [-0.4, -0.2) is 23.2 Å². The Labute approximate surface area is 115 Å². The third-order valence-electron chi connectivity index (χ3n) is 2.63. The van der Waals surface area contributed by atoms with E-state index in [2.05, 4.69) is 9.72 Å². The Morgan fingerprint density at radius 2 is 1.95 bits per heavy atom. The predicted molar refractivity (Wildman–Crippen MR) is 71.1 cm³/mol. The number of pyridine rings is 1. The van der Waals surface area contributed by atoms with Crippen LogP contribution in [0.1, 0.15) is 27.8 Å². The minimum absolute atomic E-state index is 0.160. The van der Waals surface area contributed by atoms with Gasteiger partial charge in [-0.25, -0.2) is 9.78 Å². The van der Waals surface area contributed by atoms with Gasteiger partial charge in [-0.05, 0) is 29.8 Å². The molecule has 0 radical (unpaired) electrons. The third-order valence-corrected chi connectivity index (χ3v) is 2.88. The molecule has 0 aliphatic rings. The molecule has 2 aromatic rings. The SMILES string of the molecule is COC(=O)c1cccc(C(O)c2ccc(Cl)cc2)n1. The molecule has 0 bridgehead atoms. The minimum Gasteiger partial charge on any atom is -0.464 e. The average molecular weight is 278 g/mol. The van der Waals surface area contributed by atoms with Crippen LogP contribution in [-0.2, 0) is 4.74 Å². The molecular weight excluding hydrogens is 266 g/mol. The number of benzene rings is 1. The molecule has 0 fully saturated rings. The maximum absolute atomic E-state index is 11.4. The fourth-order valence-corrected chi connectivity index (χ4v) is 1.76. The Bertz CT molecular complexity index is 583. The van der Waals surface area contributed by atoms with Crippen molar-refractivity contribution in [1.29, 1.82) is 0 Å². The summed E-state index contributed by atoms with van der Waals surface area (Å²) >= 11 is 5.79. The summed E-state index contributed by atoms with van der Waals surface area (Å²) in [5.41, 5.74) is 1.19. The summed E-state index contributed by atoms with van der Waals surface area (Å²) in [4.78, 5) is 15.5. The van der Waals surface area contributed by atoms with Crippen molar-refractivity contribution in [3.05, 3.63) is 64.4 Å². The lowest BCUT2D eigenvalue weighted by atomic mass is 10.1. The molecule has 19 heavy (non-hydrogen) atoms. The highest BCUT2D eigenvalue weighted by Crippen LogP contribution is 2.22. The zero-order valence-corrected chi connectivity index (χ0v) is 11.0. The molecule has 1 aromatic carbocycles. The Morgan fingerprint density at radius 1 is 1.26 bits per heavy atom. The van der Waals surface area contributed by atoms with Crippen molar-refractivity contribution in [2.75, 3.05) is 7.11 Å². The number of hydrogen-bond donors (Lipinski definition) is 1. The number of aromatic nitrogens is 1. The molecule has 2 rings (SSSR count). The Balaban J connectivity index is 2.31. The number of methoxy groups -OCH3 is 1. The van der Waals surface area contributed by atoms with E-state index < -0.39 is 12.1 Å². The van der Waals surface area contributed by atoms with Gasteiger partial charge in [0.25, 0.3) is 0 Å². The molecule has 1 N–H and O–H groups in total. The van der Waals surface area contributed by atoms with E-state index in [4.69, 9.17) is 11.6 Å². The first-order valence-corrected chi connectivity index (χ1v) is 5.98. The van der Waals surface area contributed by atoms with E-state index in [0.717, 1.165) is 0 Å². The molecule has 4 nitrogen and oxygen atoms in total. The van der Waals surface area contributed by atoms with Crippen molar-refractivity contribution in [3.8, 4) is 0 Å². The summed E-state index contributed by atoms with van der Waals surface area (Å²) in [5.74, 6) is -0.537. The predicted octanol–water partition coefficient (Wildman–Crippen LogP) is 2.60. The Hall–Kier alpha value is -1.91. The van der Waals surface area contributed by atoms with Gasteiger partial charge >= 0.3 is 5.97 Å². The van der Waals surface area contributed by atoms with Crippen molar-refractivity contribution >= 4 is 17.6 Å².